The molecule has 0 saturated carbocycles. The molecule has 2 saturated heterocycles. The molecule has 174 valence electrons. The van der Waals surface area contributed by atoms with Crippen molar-refractivity contribution >= 4 is 0 Å². The molecule has 2 heterocycles. The van der Waals surface area contributed by atoms with Crippen LogP contribution < -0.4 is 28.4 Å². The van der Waals surface area contributed by atoms with Gasteiger partial charge < -0.3 is 37.9 Å². The van der Waals surface area contributed by atoms with Gasteiger partial charge in [0.1, 0.15) is 0 Å². The summed E-state index contributed by atoms with van der Waals surface area (Å²) in [5.74, 6) is 3.91. The summed E-state index contributed by atoms with van der Waals surface area (Å²) in [7, 11) is 9.62. The molecule has 2 fully saturated rings. The van der Waals surface area contributed by atoms with Crippen molar-refractivity contribution in [3.63, 3.8) is 0 Å². The van der Waals surface area contributed by atoms with Crippen molar-refractivity contribution in [2.24, 2.45) is 11.8 Å². The topological polar surface area (TPSA) is 73.8 Å². The highest BCUT2D eigenvalue weighted by molar-refractivity contribution is 5.55. The zero-order chi connectivity index (χ0) is 22.8. The SMILES string of the molecule is COc1cc([C@@H]2OC[C@H]3[C@H]2CO[C@H]3c2cc(OC)c(OC)c(OC)c2)cc(OC)c1OC. The van der Waals surface area contributed by atoms with E-state index in [2.05, 4.69) is 0 Å². The average Bonchev–Trinajstić information content (AvgIpc) is 3.44. The number of hydrogen-bond acceptors (Lipinski definition) is 8. The maximum absolute atomic E-state index is 6.27. The molecule has 0 aliphatic carbocycles. The van der Waals surface area contributed by atoms with Crippen LogP contribution in [0, 0.1) is 11.8 Å². The summed E-state index contributed by atoms with van der Waals surface area (Å²) in [6, 6.07) is 7.78. The van der Waals surface area contributed by atoms with Crippen LogP contribution in [0.1, 0.15) is 23.3 Å². The fourth-order valence-electron chi connectivity index (χ4n) is 4.77. The number of ether oxygens (including phenoxy) is 8. The molecule has 2 aliphatic heterocycles. The summed E-state index contributed by atoms with van der Waals surface area (Å²) in [5.41, 5.74) is 1.95. The molecule has 8 nitrogen and oxygen atoms in total. The van der Waals surface area contributed by atoms with Crippen molar-refractivity contribution in [2.75, 3.05) is 55.9 Å². The fourth-order valence-corrected chi connectivity index (χ4v) is 4.77. The predicted octanol–water partition coefficient (Wildman–Crippen LogP) is 3.81. The van der Waals surface area contributed by atoms with Crippen LogP contribution in [0.3, 0.4) is 0 Å². The van der Waals surface area contributed by atoms with Gasteiger partial charge in [-0.3, -0.25) is 0 Å². The number of fused-ring (bicyclic) bond motifs is 1. The number of hydrogen-bond donors (Lipinski definition) is 0. The first kappa shape index (κ1) is 22.4. The minimum absolute atomic E-state index is 0.138. The van der Waals surface area contributed by atoms with E-state index in [1.54, 1.807) is 42.7 Å². The Labute approximate surface area is 188 Å². The highest BCUT2D eigenvalue weighted by Crippen LogP contribution is 2.53. The molecule has 32 heavy (non-hydrogen) atoms. The van der Waals surface area contributed by atoms with Crippen molar-refractivity contribution < 1.29 is 37.9 Å². The zero-order valence-electron chi connectivity index (χ0n) is 19.3. The summed E-state index contributed by atoms with van der Waals surface area (Å²) in [6.07, 6.45) is -0.276. The average molecular weight is 446 g/mol. The molecule has 0 amide bonds. The Hall–Kier alpha value is -2.84. The number of rotatable bonds is 8. The summed E-state index contributed by atoms with van der Waals surface area (Å²) in [6.45, 7) is 1.15. The molecule has 0 N–H and O–H groups in total. The molecule has 2 aliphatic rings. The van der Waals surface area contributed by atoms with E-state index in [1.807, 2.05) is 24.3 Å². The third-order valence-corrected chi connectivity index (χ3v) is 6.30. The normalized spacial score (nSPS) is 24.1. The first-order valence-corrected chi connectivity index (χ1v) is 10.4. The van der Waals surface area contributed by atoms with Crippen LogP contribution in [0.4, 0.5) is 0 Å². The highest BCUT2D eigenvalue weighted by atomic mass is 16.5. The van der Waals surface area contributed by atoms with Crippen LogP contribution in [-0.2, 0) is 9.47 Å². The van der Waals surface area contributed by atoms with Crippen molar-refractivity contribution in [2.45, 2.75) is 12.2 Å². The minimum Gasteiger partial charge on any atom is -0.493 e. The molecule has 2 aromatic rings. The number of benzene rings is 2. The standard InChI is InChI=1S/C24H30O8/c1-25-17-7-13(8-18(26-2)23(17)29-5)21-15-11-32-22(16(15)12-31-21)14-9-19(27-3)24(30-6)20(10-14)28-4/h7-10,15-16,21-22H,11-12H2,1-6H3/t15-,16+,21-,22-/m0/s1. The van der Waals surface area contributed by atoms with E-state index in [9.17, 15) is 0 Å². The fraction of sp³-hybridized carbons (Fsp3) is 0.500. The molecule has 0 aromatic heterocycles. The Morgan fingerprint density at radius 2 is 0.844 bits per heavy atom. The van der Waals surface area contributed by atoms with Gasteiger partial charge in [0.05, 0.1) is 68.1 Å². The first-order valence-electron chi connectivity index (χ1n) is 10.4. The van der Waals surface area contributed by atoms with E-state index in [0.29, 0.717) is 47.7 Å². The van der Waals surface area contributed by atoms with Gasteiger partial charge in [-0.25, -0.2) is 0 Å². The van der Waals surface area contributed by atoms with Gasteiger partial charge in [0.15, 0.2) is 23.0 Å². The van der Waals surface area contributed by atoms with Gasteiger partial charge in [-0.1, -0.05) is 0 Å². The monoisotopic (exact) mass is 446 g/mol. The van der Waals surface area contributed by atoms with Crippen LogP contribution in [0.2, 0.25) is 0 Å². The van der Waals surface area contributed by atoms with Crippen molar-refractivity contribution in [1.29, 1.82) is 0 Å². The maximum atomic E-state index is 6.27. The van der Waals surface area contributed by atoms with Gasteiger partial charge >= 0.3 is 0 Å². The second kappa shape index (κ2) is 9.34. The van der Waals surface area contributed by atoms with E-state index in [0.717, 1.165) is 11.1 Å². The van der Waals surface area contributed by atoms with Gasteiger partial charge in [0.25, 0.3) is 0 Å². The predicted molar refractivity (Wildman–Crippen MR) is 117 cm³/mol. The van der Waals surface area contributed by atoms with Crippen molar-refractivity contribution in [3.05, 3.63) is 35.4 Å². The summed E-state index contributed by atoms with van der Waals surface area (Å²) < 4.78 is 45.5. The lowest BCUT2D eigenvalue weighted by Crippen LogP contribution is -2.15. The zero-order valence-corrected chi connectivity index (χ0v) is 19.3. The van der Waals surface area contributed by atoms with Gasteiger partial charge in [0.2, 0.25) is 11.5 Å². The van der Waals surface area contributed by atoms with Crippen LogP contribution in [0.5, 0.6) is 34.5 Å². The molecule has 0 radical (unpaired) electrons. The highest BCUT2D eigenvalue weighted by Gasteiger charge is 2.48. The lowest BCUT2D eigenvalue weighted by molar-refractivity contribution is 0.0190. The van der Waals surface area contributed by atoms with Crippen LogP contribution in [0.25, 0.3) is 0 Å². The van der Waals surface area contributed by atoms with Gasteiger partial charge in [-0.2, -0.15) is 0 Å². The maximum Gasteiger partial charge on any atom is 0.203 e. The van der Waals surface area contributed by atoms with E-state index in [4.69, 9.17) is 37.9 Å². The van der Waals surface area contributed by atoms with Crippen LogP contribution in [0.15, 0.2) is 24.3 Å². The Bertz CT molecular complexity index is 832. The Balaban J connectivity index is 1.64. The van der Waals surface area contributed by atoms with Gasteiger partial charge in [0, 0.05) is 11.8 Å². The smallest absolute Gasteiger partial charge is 0.203 e. The quantitative estimate of drug-likeness (QED) is 0.606. The lowest BCUT2D eigenvalue weighted by Gasteiger charge is -2.20. The van der Waals surface area contributed by atoms with E-state index in [-0.39, 0.29) is 24.0 Å². The molecule has 0 unspecified atom stereocenters. The molecular formula is C24H30O8. The third kappa shape index (κ3) is 3.67. The molecule has 8 heteroatoms. The summed E-state index contributed by atoms with van der Waals surface area (Å²) in [5, 5.41) is 0. The third-order valence-electron chi connectivity index (χ3n) is 6.30. The van der Waals surface area contributed by atoms with Gasteiger partial charge in [-0.15, -0.1) is 0 Å². The van der Waals surface area contributed by atoms with E-state index >= 15 is 0 Å². The molecule has 0 spiro atoms. The van der Waals surface area contributed by atoms with Gasteiger partial charge in [-0.05, 0) is 35.4 Å². The molecule has 4 rings (SSSR count). The number of methoxy groups -OCH3 is 6. The molecule has 0 bridgehead atoms. The first-order chi connectivity index (χ1) is 15.6. The molecular weight excluding hydrogens is 416 g/mol. The summed E-state index contributed by atoms with van der Waals surface area (Å²) >= 11 is 0. The second-order valence-electron chi connectivity index (χ2n) is 7.75. The summed E-state index contributed by atoms with van der Waals surface area (Å²) in [4.78, 5) is 0. The minimum atomic E-state index is -0.138. The van der Waals surface area contributed by atoms with E-state index < -0.39 is 0 Å². The van der Waals surface area contributed by atoms with Crippen molar-refractivity contribution in [1.82, 2.24) is 0 Å². The Kier molecular flexibility index (Phi) is 6.53. The van der Waals surface area contributed by atoms with Crippen molar-refractivity contribution in [3.8, 4) is 34.5 Å². The Morgan fingerprint density at radius 1 is 0.531 bits per heavy atom. The Morgan fingerprint density at radius 3 is 1.09 bits per heavy atom. The largest absolute Gasteiger partial charge is 0.493 e. The van der Waals surface area contributed by atoms with E-state index in [1.165, 1.54) is 0 Å². The molecule has 2 aromatic carbocycles. The second-order valence-corrected chi connectivity index (χ2v) is 7.75. The molecule has 4 atom stereocenters. The lowest BCUT2D eigenvalue weighted by atomic mass is 9.84. The van der Waals surface area contributed by atoms with Crippen LogP contribution in [-0.4, -0.2) is 55.9 Å². The van der Waals surface area contributed by atoms with Crippen LogP contribution >= 0.6 is 0 Å².